The Hall–Kier alpha value is -4.56. The van der Waals surface area contributed by atoms with Crippen molar-refractivity contribution in [2.75, 3.05) is 16.8 Å². The van der Waals surface area contributed by atoms with E-state index in [4.69, 9.17) is 4.42 Å². The van der Waals surface area contributed by atoms with Crippen molar-refractivity contribution in [3.8, 4) is 17.1 Å². The lowest BCUT2D eigenvalue weighted by atomic mass is 9.74. The summed E-state index contributed by atoms with van der Waals surface area (Å²) in [5.41, 5.74) is 16.9. The number of furan rings is 1. The molecule has 0 spiro atoms. The third-order valence-electron chi connectivity index (χ3n) is 13.5. The lowest BCUT2D eigenvalue weighted by molar-refractivity contribution is -0.687. The SMILES string of the molecule is CC(C)c1cccc(C(C)C)c1-n1cc[n+]2c1-c1ccccc1C(CC1c3ccc4oc5cccc6c5c4c3N3c4c(cccc4C6(C)C)N(C)C13)C2I. The van der Waals surface area contributed by atoms with Crippen LogP contribution in [-0.4, -0.2) is 17.8 Å². The molecule has 4 aliphatic rings. The van der Waals surface area contributed by atoms with Gasteiger partial charge in [-0.1, -0.05) is 108 Å². The average molecular weight is 822 g/mol. The van der Waals surface area contributed by atoms with Crippen LogP contribution in [0.5, 0.6) is 0 Å². The fourth-order valence-corrected chi connectivity index (χ4v) is 12.1. The van der Waals surface area contributed by atoms with Gasteiger partial charge in [0, 0.05) is 40.8 Å². The number of benzene rings is 5. The maximum Gasteiger partial charge on any atom is 0.295 e. The molecule has 5 nitrogen and oxygen atoms in total. The maximum absolute atomic E-state index is 6.69. The summed E-state index contributed by atoms with van der Waals surface area (Å²) in [5.74, 6) is 2.70. The number of alkyl halides is 1. The number of nitrogens with zero attached hydrogens (tertiary/aromatic N) is 4. The summed E-state index contributed by atoms with van der Waals surface area (Å²) in [6.07, 6.45) is 5.88. The summed E-state index contributed by atoms with van der Waals surface area (Å²) < 4.78 is 12.0. The van der Waals surface area contributed by atoms with Crippen molar-refractivity contribution < 1.29 is 8.98 Å². The van der Waals surface area contributed by atoms with E-state index in [2.05, 4.69) is 194 Å². The molecule has 6 heterocycles. The van der Waals surface area contributed by atoms with E-state index in [1.807, 2.05) is 0 Å². The van der Waals surface area contributed by atoms with Crippen molar-refractivity contribution in [1.82, 2.24) is 4.57 Å². The zero-order chi connectivity index (χ0) is 36.9. The highest BCUT2D eigenvalue weighted by atomic mass is 127. The zero-order valence-electron chi connectivity index (χ0n) is 32.1. The lowest BCUT2D eigenvalue weighted by Gasteiger charge is -2.35. The molecule has 2 aromatic heterocycles. The summed E-state index contributed by atoms with van der Waals surface area (Å²) in [4.78, 5) is 5.31. The molecule has 11 rings (SSSR count). The summed E-state index contributed by atoms with van der Waals surface area (Å²) in [5, 5.41) is 2.56. The smallest absolute Gasteiger partial charge is 0.295 e. The lowest BCUT2D eigenvalue weighted by Crippen LogP contribution is -2.45. The van der Waals surface area contributed by atoms with Crippen LogP contribution in [0.1, 0.15) is 109 Å². The van der Waals surface area contributed by atoms with E-state index in [1.54, 1.807) is 0 Å². The standard InChI is InChI=1S/C48H46IN4O/c1-26(2)28-15-10-16-29(27(3)4)42(28)51-23-24-52-45(49)33(30-13-8-9-14-32(30)47(51)52)25-34-31-21-22-39-41-40-35(17-12-20-38(40)54-39)48(5,6)36-18-11-19-37-44(36)53(43(31)41)46(34)50(37)7/h8-24,26-27,33-34,45-46H,25H2,1-7H3/q+1. The van der Waals surface area contributed by atoms with E-state index in [0.29, 0.717) is 17.8 Å². The molecule has 0 aliphatic carbocycles. The van der Waals surface area contributed by atoms with Crippen molar-refractivity contribution in [1.29, 1.82) is 0 Å². The maximum atomic E-state index is 6.69. The molecule has 7 aromatic rings. The first-order chi connectivity index (χ1) is 26.1. The highest BCUT2D eigenvalue weighted by Crippen LogP contribution is 2.64. The summed E-state index contributed by atoms with van der Waals surface area (Å²) in [6, 6.07) is 34.5. The number of anilines is 3. The third kappa shape index (κ3) is 4.08. The molecular formula is C48H46IN4O+. The number of imidazole rings is 1. The van der Waals surface area contributed by atoms with Crippen LogP contribution in [0, 0.1) is 0 Å². The Morgan fingerprint density at radius 2 is 1.43 bits per heavy atom. The van der Waals surface area contributed by atoms with Crippen LogP contribution in [0.4, 0.5) is 17.1 Å². The monoisotopic (exact) mass is 821 g/mol. The van der Waals surface area contributed by atoms with Gasteiger partial charge in [-0.05, 0) is 87.4 Å². The van der Waals surface area contributed by atoms with Crippen molar-refractivity contribution in [2.45, 2.75) is 87.3 Å². The average Bonchev–Trinajstić information content (AvgIpc) is 3.92. The predicted molar refractivity (Wildman–Crippen MR) is 229 cm³/mol. The molecule has 4 aliphatic heterocycles. The minimum absolute atomic E-state index is 0.172. The quantitative estimate of drug-likeness (QED) is 0.0984. The number of aromatic nitrogens is 2. The first-order valence-corrected chi connectivity index (χ1v) is 21.0. The zero-order valence-corrected chi connectivity index (χ0v) is 34.2. The molecule has 0 N–H and O–H groups in total. The molecule has 0 bridgehead atoms. The second kappa shape index (κ2) is 11.2. The largest absolute Gasteiger partial charge is 0.456 e. The van der Waals surface area contributed by atoms with Crippen LogP contribution in [0.15, 0.2) is 108 Å². The number of likely N-dealkylation sites (N-methyl/N-ethyl adjacent to an activating group) is 1. The topological polar surface area (TPSA) is 28.4 Å². The molecule has 6 heteroatoms. The molecule has 0 saturated carbocycles. The van der Waals surface area contributed by atoms with Crippen LogP contribution in [0.25, 0.3) is 39.0 Å². The van der Waals surface area contributed by atoms with E-state index < -0.39 is 0 Å². The number of rotatable bonds is 5. The Kier molecular flexibility index (Phi) is 6.84. The van der Waals surface area contributed by atoms with Gasteiger partial charge >= 0.3 is 0 Å². The molecule has 0 saturated heterocycles. The predicted octanol–water partition coefficient (Wildman–Crippen LogP) is 12.3. The normalized spacial score (nSPS) is 21.4. The molecule has 4 unspecified atom stereocenters. The molecule has 270 valence electrons. The van der Waals surface area contributed by atoms with Crippen LogP contribution < -0.4 is 14.4 Å². The van der Waals surface area contributed by atoms with Crippen molar-refractivity contribution >= 4 is 61.6 Å². The van der Waals surface area contributed by atoms with Crippen molar-refractivity contribution in [2.24, 2.45) is 0 Å². The summed E-state index contributed by atoms with van der Waals surface area (Å²) in [7, 11) is 2.33. The van der Waals surface area contributed by atoms with Crippen molar-refractivity contribution in [3.63, 3.8) is 0 Å². The van der Waals surface area contributed by atoms with Gasteiger partial charge in [0.2, 0.25) is 0 Å². The Morgan fingerprint density at radius 1 is 0.722 bits per heavy atom. The van der Waals surface area contributed by atoms with Gasteiger partial charge in [0.25, 0.3) is 5.82 Å². The molecule has 54 heavy (non-hydrogen) atoms. The number of hydrogen-bond donors (Lipinski definition) is 0. The Bertz CT molecular complexity index is 2690. The van der Waals surface area contributed by atoms with E-state index in [-0.39, 0.29) is 21.5 Å². The van der Waals surface area contributed by atoms with E-state index in [9.17, 15) is 0 Å². The first kappa shape index (κ1) is 32.8. The molecule has 4 atom stereocenters. The van der Waals surface area contributed by atoms with Gasteiger partial charge in [0.1, 0.15) is 35.4 Å². The van der Waals surface area contributed by atoms with Crippen LogP contribution in [0.3, 0.4) is 0 Å². The second-order valence-electron chi connectivity index (χ2n) is 17.3. The molecule has 5 aromatic carbocycles. The molecule has 0 fully saturated rings. The van der Waals surface area contributed by atoms with Crippen LogP contribution in [0.2, 0.25) is 0 Å². The molecule has 0 amide bonds. The van der Waals surface area contributed by atoms with Gasteiger partial charge in [-0.25, -0.2) is 4.57 Å². The molecule has 0 radical (unpaired) electrons. The van der Waals surface area contributed by atoms with Gasteiger partial charge in [0.05, 0.1) is 28.0 Å². The first-order valence-electron chi connectivity index (χ1n) is 19.7. The number of hydrogen-bond acceptors (Lipinski definition) is 3. The Morgan fingerprint density at radius 3 is 2.20 bits per heavy atom. The minimum atomic E-state index is -0.206. The number of para-hydroxylation sites is 2. The number of fused-ring (bicyclic) bond motifs is 3. The Labute approximate surface area is 331 Å². The third-order valence-corrected chi connectivity index (χ3v) is 14.9. The van der Waals surface area contributed by atoms with Crippen molar-refractivity contribution in [3.05, 3.63) is 137 Å². The summed E-state index contributed by atoms with van der Waals surface area (Å²) >= 11 is 2.77. The fourth-order valence-electron chi connectivity index (χ4n) is 11.0. The fraction of sp³-hybridized carbons (Fsp3) is 0.312. The van der Waals surface area contributed by atoms with E-state index in [1.165, 1.54) is 78.3 Å². The van der Waals surface area contributed by atoms with Crippen LogP contribution >= 0.6 is 22.6 Å². The molecular weight excluding hydrogens is 775 g/mol. The second-order valence-corrected chi connectivity index (χ2v) is 18.5. The van der Waals surface area contributed by atoms with Gasteiger partial charge in [-0.2, -0.15) is 4.57 Å². The van der Waals surface area contributed by atoms with Crippen LogP contribution in [-0.2, 0) is 5.41 Å². The minimum Gasteiger partial charge on any atom is -0.456 e. The highest BCUT2D eigenvalue weighted by molar-refractivity contribution is 14.1. The highest BCUT2D eigenvalue weighted by Gasteiger charge is 2.53. The van der Waals surface area contributed by atoms with Gasteiger partial charge in [0.15, 0.2) is 4.05 Å². The summed E-state index contributed by atoms with van der Waals surface area (Å²) in [6.45, 7) is 14.1. The van der Waals surface area contributed by atoms with Gasteiger partial charge in [-0.15, -0.1) is 0 Å². The van der Waals surface area contributed by atoms with Gasteiger partial charge < -0.3 is 14.2 Å². The number of halogens is 1. The van der Waals surface area contributed by atoms with E-state index >= 15 is 0 Å². The Balaban J connectivity index is 1.10. The van der Waals surface area contributed by atoms with E-state index in [0.717, 1.165) is 17.6 Å². The van der Waals surface area contributed by atoms with Gasteiger partial charge in [-0.3, -0.25) is 0 Å².